The molecule has 0 saturated carbocycles. The number of nitrogens with zero attached hydrogens (tertiary/aromatic N) is 1. The largest absolute Gasteiger partial charge is 0.326 e. The lowest BCUT2D eigenvalue weighted by Crippen LogP contribution is -2.52. The second-order valence-electron chi connectivity index (χ2n) is 6.04. The molecule has 0 bridgehead atoms. The molecule has 3 N–H and O–H groups in total. The average molecular weight is 337 g/mol. The first-order chi connectivity index (χ1) is 11.3. The number of hydroxylamine groups is 1. The summed E-state index contributed by atoms with van der Waals surface area (Å²) in [6, 6.07) is 3.45. The van der Waals surface area contributed by atoms with E-state index in [0.29, 0.717) is 12.0 Å². The van der Waals surface area contributed by atoms with Gasteiger partial charge in [0.25, 0.3) is 11.8 Å². The lowest BCUT2D eigenvalue weighted by Gasteiger charge is -2.26. The first-order valence-electron chi connectivity index (χ1n) is 7.67. The van der Waals surface area contributed by atoms with Crippen LogP contribution in [0, 0.1) is 11.7 Å². The van der Waals surface area contributed by atoms with E-state index in [9.17, 15) is 18.8 Å². The van der Waals surface area contributed by atoms with Crippen molar-refractivity contribution in [2.75, 3.05) is 0 Å². The minimum Gasteiger partial charge on any atom is -0.326 e. The molecule has 1 fully saturated rings. The van der Waals surface area contributed by atoms with Crippen LogP contribution in [0.4, 0.5) is 9.18 Å². The van der Waals surface area contributed by atoms with Crippen molar-refractivity contribution in [2.45, 2.75) is 38.8 Å². The van der Waals surface area contributed by atoms with Gasteiger partial charge < -0.3 is 5.32 Å². The normalized spacial score (nSPS) is 18.7. The second kappa shape index (κ2) is 7.39. The van der Waals surface area contributed by atoms with E-state index in [1.165, 1.54) is 17.6 Å². The van der Waals surface area contributed by atoms with Gasteiger partial charge >= 0.3 is 6.03 Å². The van der Waals surface area contributed by atoms with Crippen molar-refractivity contribution in [3.63, 3.8) is 0 Å². The molecule has 8 heteroatoms. The highest BCUT2D eigenvalue weighted by atomic mass is 19.1. The van der Waals surface area contributed by atoms with Gasteiger partial charge in [-0.05, 0) is 36.5 Å². The van der Waals surface area contributed by atoms with Crippen LogP contribution in [0.15, 0.2) is 24.3 Å². The van der Waals surface area contributed by atoms with E-state index in [2.05, 4.69) is 5.32 Å². The van der Waals surface area contributed by atoms with Gasteiger partial charge in [0, 0.05) is 0 Å². The van der Waals surface area contributed by atoms with Crippen molar-refractivity contribution in [1.29, 1.82) is 0 Å². The number of rotatable bonds is 6. The Balaban J connectivity index is 2.09. The van der Waals surface area contributed by atoms with Gasteiger partial charge in [0.15, 0.2) is 0 Å². The molecule has 1 saturated heterocycles. The number of halogens is 1. The molecule has 0 spiro atoms. The van der Waals surface area contributed by atoms with Gasteiger partial charge in [0.1, 0.15) is 17.9 Å². The number of hydrogen-bond acceptors (Lipinski definition) is 4. The minimum absolute atomic E-state index is 0.288. The molecular weight excluding hydrogens is 317 g/mol. The Bertz CT molecular complexity index is 650. The third-order valence-corrected chi connectivity index (χ3v) is 3.95. The van der Waals surface area contributed by atoms with Crippen LogP contribution in [0.3, 0.4) is 0 Å². The molecule has 7 nitrogen and oxygen atoms in total. The Morgan fingerprint density at radius 1 is 1.42 bits per heavy atom. The quantitative estimate of drug-likeness (QED) is 0.413. The molecule has 1 heterocycles. The van der Waals surface area contributed by atoms with Crippen LogP contribution in [0.5, 0.6) is 0 Å². The highest BCUT2D eigenvalue weighted by Gasteiger charge is 2.45. The summed E-state index contributed by atoms with van der Waals surface area (Å²) >= 11 is 0. The fourth-order valence-corrected chi connectivity index (χ4v) is 2.80. The van der Waals surface area contributed by atoms with E-state index < -0.39 is 29.9 Å². The molecule has 130 valence electrons. The number of nitrogens with one attached hydrogen (secondary N) is 2. The zero-order valence-corrected chi connectivity index (χ0v) is 13.5. The number of benzene rings is 1. The highest BCUT2D eigenvalue weighted by Crippen LogP contribution is 2.20. The Labute approximate surface area is 138 Å². The van der Waals surface area contributed by atoms with Crippen LogP contribution in [0.1, 0.15) is 25.8 Å². The molecule has 2 rings (SSSR count). The van der Waals surface area contributed by atoms with Crippen molar-refractivity contribution >= 4 is 17.8 Å². The molecule has 1 aliphatic rings. The van der Waals surface area contributed by atoms with Crippen LogP contribution in [0.2, 0.25) is 0 Å². The molecule has 0 aliphatic carbocycles. The summed E-state index contributed by atoms with van der Waals surface area (Å²) in [5.41, 5.74) is 2.20. The van der Waals surface area contributed by atoms with E-state index in [4.69, 9.17) is 5.21 Å². The molecule has 0 radical (unpaired) electrons. The van der Waals surface area contributed by atoms with Crippen LogP contribution in [0.25, 0.3) is 0 Å². The van der Waals surface area contributed by atoms with Gasteiger partial charge in [-0.25, -0.2) is 19.6 Å². The van der Waals surface area contributed by atoms with E-state index >= 15 is 0 Å². The monoisotopic (exact) mass is 337 g/mol. The Morgan fingerprint density at radius 2 is 2.12 bits per heavy atom. The fraction of sp³-hybridized carbons (Fsp3) is 0.438. The molecule has 1 aromatic carbocycles. The van der Waals surface area contributed by atoms with Gasteiger partial charge in [-0.3, -0.25) is 14.8 Å². The fourth-order valence-electron chi connectivity index (χ4n) is 2.80. The second-order valence-corrected chi connectivity index (χ2v) is 6.04. The third kappa shape index (κ3) is 3.70. The van der Waals surface area contributed by atoms with Crippen LogP contribution in [-0.2, 0) is 16.0 Å². The third-order valence-electron chi connectivity index (χ3n) is 3.95. The van der Waals surface area contributed by atoms with Crippen molar-refractivity contribution in [3.05, 3.63) is 35.6 Å². The lowest BCUT2D eigenvalue weighted by molar-refractivity contribution is -0.142. The first kappa shape index (κ1) is 17.9. The minimum atomic E-state index is -1.10. The van der Waals surface area contributed by atoms with E-state index in [0.717, 1.165) is 4.90 Å². The Kier molecular flexibility index (Phi) is 5.50. The first-order valence-corrected chi connectivity index (χ1v) is 7.67. The number of aryl methyl sites for hydroxylation is 1. The SMILES string of the molecule is CC(C)C(C(=O)NO)N1C(=O)N[C@@H](CCc2cccc(F)c2)C1=O. The molecular formula is C16H20FN3O4. The number of imide groups is 1. The van der Waals surface area contributed by atoms with Gasteiger partial charge in [-0.15, -0.1) is 0 Å². The summed E-state index contributed by atoms with van der Waals surface area (Å²) in [7, 11) is 0. The number of urea groups is 1. The van der Waals surface area contributed by atoms with Crippen molar-refractivity contribution in [2.24, 2.45) is 5.92 Å². The summed E-state index contributed by atoms with van der Waals surface area (Å²) in [6.45, 7) is 3.33. The summed E-state index contributed by atoms with van der Waals surface area (Å²) in [5.74, 6) is -2.08. The molecule has 0 aromatic heterocycles. The van der Waals surface area contributed by atoms with Gasteiger partial charge in [-0.1, -0.05) is 26.0 Å². The molecule has 1 aromatic rings. The predicted molar refractivity (Wildman–Crippen MR) is 82.4 cm³/mol. The summed E-state index contributed by atoms with van der Waals surface area (Å²) in [4.78, 5) is 37.2. The van der Waals surface area contributed by atoms with Crippen molar-refractivity contribution in [1.82, 2.24) is 15.7 Å². The van der Waals surface area contributed by atoms with Crippen molar-refractivity contribution in [3.8, 4) is 0 Å². The predicted octanol–water partition coefficient (Wildman–Crippen LogP) is 1.21. The maximum Gasteiger partial charge on any atom is 0.325 e. The molecule has 4 amide bonds. The number of carbonyl (C=O) groups excluding carboxylic acids is 3. The van der Waals surface area contributed by atoms with Gasteiger partial charge in [0.2, 0.25) is 0 Å². The molecule has 1 unspecified atom stereocenters. The van der Waals surface area contributed by atoms with E-state index in [1.54, 1.807) is 26.0 Å². The van der Waals surface area contributed by atoms with E-state index in [-0.39, 0.29) is 18.2 Å². The highest BCUT2D eigenvalue weighted by molar-refractivity contribution is 6.07. The Morgan fingerprint density at radius 3 is 2.71 bits per heavy atom. The maximum absolute atomic E-state index is 13.2. The van der Waals surface area contributed by atoms with Gasteiger partial charge in [0.05, 0.1) is 0 Å². The number of amides is 4. The summed E-state index contributed by atoms with van der Waals surface area (Å²) in [5, 5.41) is 11.4. The molecule has 1 aliphatic heterocycles. The standard InChI is InChI=1S/C16H20FN3O4/c1-9(2)13(14(21)19-24)20-15(22)12(18-16(20)23)7-6-10-4-3-5-11(17)8-10/h3-5,8-9,12-13,24H,6-7H2,1-2H3,(H,18,23)(H,19,21)/t12-,13?/m0/s1. The van der Waals surface area contributed by atoms with E-state index in [1.807, 2.05) is 0 Å². The summed E-state index contributed by atoms with van der Waals surface area (Å²) in [6.07, 6.45) is 0.691. The maximum atomic E-state index is 13.2. The summed E-state index contributed by atoms with van der Waals surface area (Å²) < 4.78 is 13.2. The molecule has 2 atom stereocenters. The van der Waals surface area contributed by atoms with Crippen molar-refractivity contribution < 1.29 is 24.0 Å². The Hall–Kier alpha value is -2.48. The van der Waals surface area contributed by atoms with Crippen LogP contribution >= 0.6 is 0 Å². The topological polar surface area (TPSA) is 98.7 Å². The number of hydrogen-bond donors (Lipinski definition) is 3. The number of carbonyl (C=O) groups is 3. The zero-order valence-electron chi connectivity index (χ0n) is 13.5. The van der Waals surface area contributed by atoms with Gasteiger partial charge in [-0.2, -0.15) is 0 Å². The van der Waals surface area contributed by atoms with Crippen LogP contribution < -0.4 is 10.8 Å². The average Bonchev–Trinajstić information content (AvgIpc) is 2.80. The lowest BCUT2D eigenvalue weighted by atomic mass is 10.0. The van der Waals surface area contributed by atoms with Crippen LogP contribution in [-0.4, -0.2) is 40.0 Å². The smallest absolute Gasteiger partial charge is 0.325 e. The molecule has 24 heavy (non-hydrogen) atoms. The zero-order chi connectivity index (χ0) is 17.9.